The predicted molar refractivity (Wildman–Crippen MR) is 29.6 cm³/mol. The lowest BCUT2D eigenvalue weighted by molar-refractivity contribution is 1.40. The third-order valence-corrected chi connectivity index (χ3v) is 0.495. The van der Waals surface area contributed by atoms with Crippen LogP contribution in [0.1, 0.15) is 6.42 Å². The van der Waals surface area contributed by atoms with Crippen molar-refractivity contribution in [1.29, 1.82) is 5.26 Å². The minimum atomic E-state index is 0.785. The van der Waals surface area contributed by atoms with Crippen molar-refractivity contribution in [1.82, 2.24) is 0 Å². The maximum absolute atomic E-state index is 7.92. The van der Waals surface area contributed by atoms with Gasteiger partial charge in [0.2, 0.25) is 0 Å². The quantitative estimate of drug-likeness (QED) is 0.376. The maximum atomic E-state index is 7.92. The highest BCUT2D eigenvalue weighted by molar-refractivity contribution is 5.03. The highest BCUT2D eigenvalue weighted by Gasteiger charge is 1.61. The van der Waals surface area contributed by atoms with E-state index in [2.05, 4.69) is 6.58 Å². The number of nitriles is 1. The molecule has 1 heteroatoms. The van der Waals surface area contributed by atoms with Crippen molar-refractivity contribution >= 4 is 0 Å². The fourth-order valence-electron chi connectivity index (χ4n) is 0.217. The number of hydrogen-bond acceptors (Lipinski definition) is 1. The topological polar surface area (TPSA) is 23.8 Å². The molecule has 0 amide bonds. The fourth-order valence-corrected chi connectivity index (χ4v) is 0.217. The van der Waals surface area contributed by atoms with Crippen molar-refractivity contribution < 1.29 is 0 Å². The van der Waals surface area contributed by atoms with Gasteiger partial charge in [-0.3, -0.25) is 0 Å². The van der Waals surface area contributed by atoms with Crippen LogP contribution in [-0.2, 0) is 0 Å². The molecule has 0 atom stereocenters. The van der Waals surface area contributed by atoms with Crippen molar-refractivity contribution in [2.45, 2.75) is 6.42 Å². The van der Waals surface area contributed by atoms with Crippen LogP contribution in [0.2, 0.25) is 0 Å². The Balaban J connectivity index is 3.14. The molecule has 0 spiro atoms. The van der Waals surface area contributed by atoms with Crippen LogP contribution < -0.4 is 0 Å². The lowest BCUT2D eigenvalue weighted by Gasteiger charge is -1.68. The zero-order valence-electron chi connectivity index (χ0n) is 4.09. The van der Waals surface area contributed by atoms with E-state index in [4.69, 9.17) is 5.26 Å². The van der Waals surface area contributed by atoms with Gasteiger partial charge in [0.15, 0.2) is 0 Å². The second-order valence-corrected chi connectivity index (χ2v) is 1.06. The van der Waals surface area contributed by atoms with E-state index >= 15 is 0 Å². The molecule has 36 valence electrons. The summed E-state index contributed by atoms with van der Waals surface area (Å²) in [5.41, 5.74) is 0. The molecule has 0 aliphatic rings. The first-order chi connectivity index (χ1) is 3.41. The second kappa shape index (κ2) is 4.97. The zero-order valence-corrected chi connectivity index (χ0v) is 4.09. The molecule has 0 aliphatic heterocycles. The largest absolute Gasteiger partial charge is 0.193 e. The summed E-state index contributed by atoms with van der Waals surface area (Å²) in [6.07, 6.45) is 5.73. The van der Waals surface area contributed by atoms with Crippen LogP contribution in [0.5, 0.6) is 0 Å². The van der Waals surface area contributed by atoms with Crippen LogP contribution >= 0.6 is 0 Å². The van der Waals surface area contributed by atoms with Crippen LogP contribution in [0.15, 0.2) is 24.8 Å². The Bertz CT molecular complexity index is 106. The molecule has 0 N–H and O–H groups in total. The summed E-state index contributed by atoms with van der Waals surface area (Å²) < 4.78 is 0. The van der Waals surface area contributed by atoms with E-state index in [0.29, 0.717) is 0 Å². The minimum absolute atomic E-state index is 0.785. The van der Waals surface area contributed by atoms with Crippen molar-refractivity contribution in [3.05, 3.63) is 24.8 Å². The van der Waals surface area contributed by atoms with Gasteiger partial charge in [-0.1, -0.05) is 12.2 Å². The monoisotopic (exact) mass is 93.1 g/mol. The van der Waals surface area contributed by atoms with E-state index in [1.807, 2.05) is 6.07 Å². The van der Waals surface area contributed by atoms with Crippen LogP contribution in [0.4, 0.5) is 0 Å². The van der Waals surface area contributed by atoms with Crippen molar-refractivity contribution in [3.63, 3.8) is 0 Å². The van der Waals surface area contributed by atoms with Gasteiger partial charge in [-0.2, -0.15) is 5.26 Å². The first kappa shape index (κ1) is 5.97. The molecule has 0 aliphatic carbocycles. The maximum Gasteiger partial charge on any atom is 0.0908 e. The van der Waals surface area contributed by atoms with Crippen molar-refractivity contribution in [2.24, 2.45) is 0 Å². The molecule has 0 saturated carbocycles. The Morgan fingerprint density at radius 1 is 1.71 bits per heavy atom. The first-order valence-corrected chi connectivity index (χ1v) is 2.07. The molecule has 1 nitrogen and oxygen atoms in total. The molecule has 0 bridgehead atoms. The average Bonchev–Trinajstić information content (AvgIpc) is 1.69. The fraction of sp³-hybridized carbons (Fsp3) is 0.167. The summed E-state index contributed by atoms with van der Waals surface area (Å²) in [6, 6.07) is 1.87. The third-order valence-electron chi connectivity index (χ3n) is 0.495. The smallest absolute Gasteiger partial charge is 0.0908 e. The Labute approximate surface area is 43.6 Å². The Hall–Kier alpha value is -1.03. The standard InChI is InChI=1S/C6H7N/c1-2-3-4-5-6-7/h2,4-5H,1,3H2. The van der Waals surface area contributed by atoms with Gasteiger partial charge < -0.3 is 0 Å². The van der Waals surface area contributed by atoms with E-state index in [9.17, 15) is 0 Å². The molecule has 0 rings (SSSR count). The minimum Gasteiger partial charge on any atom is -0.193 e. The summed E-state index contributed by atoms with van der Waals surface area (Å²) >= 11 is 0. The number of rotatable bonds is 2. The summed E-state index contributed by atoms with van der Waals surface area (Å²) in [4.78, 5) is 0. The number of allylic oxidation sites excluding steroid dienone is 3. The summed E-state index contributed by atoms with van der Waals surface area (Å²) in [6.45, 7) is 3.47. The predicted octanol–water partition coefficient (Wildman–Crippen LogP) is 1.64. The Morgan fingerprint density at radius 2 is 2.43 bits per heavy atom. The number of nitrogens with zero attached hydrogens (tertiary/aromatic N) is 1. The molecule has 0 unspecified atom stereocenters. The highest BCUT2D eigenvalue weighted by atomic mass is 14.2. The SMILES string of the molecule is C=CCC=CC#N. The molecule has 0 aromatic carbocycles. The van der Waals surface area contributed by atoms with Gasteiger partial charge in [0, 0.05) is 6.08 Å². The van der Waals surface area contributed by atoms with E-state index in [0.717, 1.165) is 6.42 Å². The van der Waals surface area contributed by atoms with Crippen LogP contribution in [0.25, 0.3) is 0 Å². The van der Waals surface area contributed by atoms with Crippen molar-refractivity contribution in [2.75, 3.05) is 0 Å². The van der Waals surface area contributed by atoms with Gasteiger partial charge in [0.1, 0.15) is 0 Å². The summed E-state index contributed by atoms with van der Waals surface area (Å²) in [5.74, 6) is 0. The normalized spacial score (nSPS) is 8.43. The summed E-state index contributed by atoms with van der Waals surface area (Å²) in [7, 11) is 0. The van der Waals surface area contributed by atoms with Gasteiger partial charge >= 0.3 is 0 Å². The molecule has 7 heavy (non-hydrogen) atoms. The van der Waals surface area contributed by atoms with Crippen molar-refractivity contribution in [3.8, 4) is 6.07 Å². The van der Waals surface area contributed by atoms with Crippen LogP contribution in [0.3, 0.4) is 0 Å². The van der Waals surface area contributed by atoms with Gasteiger partial charge in [0.05, 0.1) is 6.07 Å². The second-order valence-electron chi connectivity index (χ2n) is 1.06. The van der Waals surface area contributed by atoms with Gasteiger partial charge in [-0.05, 0) is 6.42 Å². The van der Waals surface area contributed by atoms with Crippen LogP contribution in [0, 0.1) is 11.3 Å². The average molecular weight is 93.1 g/mol. The van der Waals surface area contributed by atoms with Gasteiger partial charge in [-0.15, -0.1) is 6.58 Å². The molecule has 0 fully saturated rings. The Kier molecular flexibility index (Phi) is 4.24. The van der Waals surface area contributed by atoms with Gasteiger partial charge in [0.25, 0.3) is 0 Å². The first-order valence-electron chi connectivity index (χ1n) is 2.07. The van der Waals surface area contributed by atoms with E-state index in [1.165, 1.54) is 6.08 Å². The summed E-state index contributed by atoms with van der Waals surface area (Å²) in [5, 5.41) is 7.92. The molecular weight excluding hydrogens is 86.1 g/mol. The molecule has 0 aromatic heterocycles. The highest BCUT2D eigenvalue weighted by Crippen LogP contribution is 1.79. The molecule has 0 radical (unpaired) electrons. The third kappa shape index (κ3) is 4.97. The van der Waals surface area contributed by atoms with E-state index in [1.54, 1.807) is 12.2 Å². The molecular formula is C6H7N. The van der Waals surface area contributed by atoms with Crippen LogP contribution in [-0.4, -0.2) is 0 Å². The zero-order chi connectivity index (χ0) is 5.54. The number of hydrogen-bond donors (Lipinski definition) is 0. The molecule has 0 aromatic rings. The molecule has 0 heterocycles. The van der Waals surface area contributed by atoms with E-state index < -0.39 is 0 Å². The molecule has 0 saturated heterocycles. The lowest BCUT2D eigenvalue weighted by Crippen LogP contribution is -1.50. The Morgan fingerprint density at radius 3 is 2.86 bits per heavy atom. The van der Waals surface area contributed by atoms with Gasteiger partial charge in [-0.25, -0.2) is 0 Å². The van der Waals surface area contributed by atoms with E-state index in [-0.39, 0.29) is 0 Å². The lowest BCUT2D eigenvalue weighted by atomic mass is 10.4.